The first-order valence-electron chi connectivity index (χ1n) is 7.38. The fourth-order valence-corrected chi connectivity index (χ4v) is 2.77. The van der Waals surface area contributed by atoms with Gasteiger partial charge in [0.05, 0.1) is 25.9 Å². The zero-order chi connectivity index (χ0) is 15.3. The van der Waals surface area contributed by atoms with Gasteiger partial charge < -0.3 is 19.9 Å². The van der Waals surface area contributed by atoms with Crippen LogP contribution >= 0.6 is 0 Å². The molecule has 0 aliphatic heterocycles. The third kappa shape index (κ3) is 3.47. The zero-order valence-electron chi connectivity index (χ0n) is 12.6. The van der Waals surface area contributed by atoms with Crippen molar-refractivity contribution in [2.24, 2.45) is 0 Å². The molecule has 1 saturated carbocycles. The number of amides is 1. The first kappa shape index (κ1) is 15.6. The maximum atomic E-state index is 12.4. The highest BCUT2D eigenvalue weighted by atomic mass is 16.5. The molecule has 0 unspecified atom stereocenters. The monoisotopic (exact) mass is 293 g/mol. The van der Waals surface area contributed by atoms with E-state index in [4.69, 9.17) is 9.47 Å². The number of rotatable bonds is 6. The highest BCUT2D eigenvalue weighted by molar-refractivity contribution is 5.95. The van der Waals surface area contributed by atoms with Crippen molar-refractivity contribution in [3.8, 4) is 11.5 Å². The predicted octanol–water partition coefficient (Wildman–Crippen LogP) is 2.13. The van der Waals surface area contributed by atoms with Crippen LogP contribution in [0.2, 0.25) is 0 Å². The van der Waals surface area contributed by atoms with E-state index in [1.165, 1.54) is 0 Å². The predicted molar refractivity (Wildman–Crippen MR) is 79.9 cm³/mol. The van der Waals surface area contributed by atoms with Crippen molar-refractivity contribution < 1.29 is 19.4 Å². The van der Waals surface area contributed by atoms with Crippen molar-refractivity contribution in [2.45, 2.75) is 38.1 Å². The molecule has 2 rings (SSSR count). The average Bonchev–Trinajstić information content (AvgIpc) is 2.97. The number of carbonyl (C=O) groups is 1. The van der Waals surface area contributed by atoms with Gasteiger partial charge in [0.25, 0.3) is 5.91 Å². The summed E-state index contributed by atoms with van der Waals surface area (Å²) in [7, 11) is 1.55. The lowest BCUT2D eigenvalue weighted by Crippen LogP contribution is -2.49. The van der Waals surface area contributed by atoms with Crippen molar-refractivity contribution >= 4 is 5.91 Å². The largest absolute Gasteiger partial charge is 0.493 e. The molecule has 0 radical (unpaired) electrons. The molecule has 1 amide bonds. The van der Waals surface area contributed by atoms with Gasteiger partial charge in [-0.15, -0.1) is 0 Å². The summed E-state index contributed by atoms with van der Waals surface area (Å²) >= 11 is 0. The van der Waals surface area contributed by atoms with Gasteiger partial charge in [-0.05, 0) is 38.0 Å². The smallest absolute Gasteiger partial charge is 0.251 e. The molecule has 2 N–H and O–H groups in total. The highest BCUT2D eigenvalue weighted by Gasteiger charge is 2.34. The summed E-state index contributed by atoms with van der Waals surface area (Å²) in [6.07, 6.45) is 3.72. The molecule has 5 nitrogen and oxygen atoms in total. The molecule has 1 aliphatic rings. The molecule has 0 heterocycles. The molecule has 21 heavy (non-hydrogen) atoms. The number of hydrogen-bond donors (Lipinski definition) is 2. The van der Waals surface area contributed by atoms with Gasteiger partial charge in [-0.2, -0.15) is 0 Å². The third-order valence-corrected chi connectivity index (χ3v) is 3.97. The minimum atomic E-state index is -0.469. The topological polar surface area (TPSA) is 67.8 Å². The zero-order valence-corrected chi connectivity index (χ0v) is 12.6. The van der Waals surface area contributed by atoms with Gasteiger partial charge in [0.2, 0.25) is 0 Å². The second-order valence-corrected chi connectivity index (χ2v) is 5.40. The van der Waals surface area contributed by atoms with Crippen LogP contribution in [0.3, 0.4) is 0 Å². The Kier molecular flexibility index (Phi) is 5.07. The minimum Gasteiger partial charge on any atom is -0.493 e. The molecule has 0 aromatic heterocycles. The van der Waals surface area contributed by atoms with Crippen molar-refractivity contribution in [1.82, 2.24) is 5.32 Å². The second-order valence-electron chi connectivity index (χ2n) is 5.40. The summed E-state index contributed by atoms with van der Waals surface area (Å²) in [5.74, 6) is 0.968. The number of nitrogens with one attached hydrogen (secondary N) is 1. The molecule has 0 bridgehead atoms. The van der Waals surface area contributed by atoms with E-state index in [0.29, 0.717) is 23.7 Å². The van der Waals surface area contributed by atoms with Gasteiger partial charge in [-0.3, -0.25) is 4.79 Å². The van der Waals surface area contributed by atoms with E-state index in [0.717, 1.165) is 25.7 Å². The Balaban J connectivity index is 2.15. The van der Waals surface area contributed by atoms with Gasteiger partial charge >= 0.3 is 0 Å². The molecule has 0 atom stereocenters. The van der Waals surface area contributed by atoms with E-state index in [9.17, 15) is 9.90 Å². The van der Waals surface area contributed by atoms with E-state index in [1.54, 1.807) is 25.3 Å². The summed E-state index contributed by atoms with van der Waals surface area (Å²) < 4.78 is 10.7. The van der Waals surface area contributed by atoms with Gasteiger partial charge in [0.1, 0.15) is 0 Å². The second kappa shape index (κ2) is 6.80. The number of methoxy groups -OCH3 is 1. The van der Waals surface area contributed by atoms with E-state index >= 15 is 0 Å². The maximum absolute atomic E-state index is 12.4. The van der Waals surface area contributed by atoms with Crippen LogP contribution in [0.5, 0.6) is 11.5 Å². The Bertz CT molecular complexity index is 495. The van der Waals surface area contributed by atoms with Crippen LogP contribution in [0.25, 0.3) is 0 Å². The van der Waals surface area contributed by atoms with Gasteiger partial charge in [0, 0.05) is 5.56 Å². The van der Waals surface area contributed by atoms with Crippen LogP contribution in [-0.4, -0.2) is 36.9 Å². The van der Waals surface area contributed by atoms with Gasteiger partial charge in [-0.1, -0.05) is 12.8 Å². The molecule has 0 saturated heterocycles. The summed E-state index contributed by atoms with van der Waals surface area (Å²) in [4.78, 5) is 12.4. The van der Waals surface area contributed by atoms with E-state index in [-0.39, 0.29) is 12.5 Å². The van der Waals surface area contributed by atoms with E-state index in [1.807, 2.05) is 6.92 Å². The third-order valence-electron chi connectivity index (χ3n) is 3.97. The SMILES string of the molecule is CCOc1ccc(C(=O)NC2(CO)CCCC2)cc1OC. The molecule has 1 aromatic rings. The first-order valence-corrected chi connectivity index (χ1v) is 7.38. The lowest BCUT2D eigenvalue weighted by molar-refractivity contribution is 0.0838. The highest BCUT2D eigenvalue weighted by Crippen LogP contribution is 2.31. The average molecular weight is 293 g/mol. The molecule has 5 heteroatoms. The fourth-order valence-electron chi connectivity index (χ4n) is 2.77. The molecule has 1 aliphatic carbocycles. The van der Waals surface area contributed by atoms with Crippen molar-refractivity contribution in [2.75, 3.05) is 20.3 Å². The Morgan fingerprint density at radius 1 is 1.33 bits per heavy atom. The van der Waals surface area contributed by atoms with Crippen LogP contribution < -0.4 is 14.8 Å². The van der Waals surface area contributed by atoms with Crippen LogP contribution in [0.1, 0.15) is 43.0 Å². The minimum absolute atomic E-state index is 0.0209. The fraction of sp³-hybridized carbons (Fsp3) is 0.562. The summed E-state index contributed by atoms with van der Waals surface area (Å²) in [6.45, 7) is 2.41. The van der Waals surface area contributed by atoms with Crippen molar-refractivity contribution in [1.29, 1.82) is 0 Å². The first-order chi connectivity index (χ1) is 10.1. The van der Waals surface area contributed by atoms with E-state index in [2.05, 4.69) is 5.32 Å². The van der Waals surface area contributed by atoms with Crippen LogP contribution in [-0.2, 0) is 0 Å². The number of ether oxygens (including phenoxy) is 2. The summed E-state index contributed by atoms with van der Waals surface area (Å²) in [6, 6.07) is 5.11. The van der Waals surface area contributed by atoms with Crippen molar-refractivity contribution in [3.63, 3.8) is 0 Å². The Morgan fingerprint density at radius 2 is 2.05 bits per heavy atom. The quantitative estimate of drug-likeness (QED) is 0.843. The standard InChI is InChI=1S/C16H23NO4/c1-3-21-13-7-6-12(10-14(13)20-2)15(19)17-16(11-18)8-4-5-9-16/h6-7,10,18H,3-5,8-9,11H2,1-2H3,(H,17,19). The lowest BCUT2D eigenvalue weighted by Gasteiger charge is -2.28. The summed E-state index contributed by atoms with van der Waals surface area (Å²) in [5.41, 5.74) is 0.0399. The van der Waals surface area contributed by atoms with Crippen LogP contribution in [0.4, 0.5) is 0 Å². The molecular formula is C16H23NO4. The van der Waals surface area contributed by atoms with Gasteiger partial charge in [-0.25, -0.2) is 0 Å². The number of aliphatic hydroxyl groups is 1. The lowest BCUT2D eigenvalue weighted by atomic mass is 9.98. The Hall–Kier alpha value is -1.75. The Morgan fingerprint density at radius 3 is 2.62 bits per heavy atom. The molecule has 1 fully saturated rings. The molecular weight excluding hydrogens is 270 g/mol. The van der Waals surface area contributed by atoms with E-state index < -0.39 is 5.54 Å². The Labute approximate surface area is 125 Å². The van der Waals surface area contributed by atoms with Gasteiger partial charge in [0.15, 0.2) is 11.5 Å². The number of hydrogen-bond acceptors (Lipinski definition) is 4. The summed E-state index contributed by atoms with van der Waals surface area (Å²) in [5, 5.41) is 12.5. The van der Waals surface area contributed by atoms with Crippen LogP contribution in [0.15, 0.2) is 18.2 Å². The number of aliphatic hydroxyl groups excluding tert-OH is 1. The molecule has 0 spiro atoms. The number of benzene rings is 1. The van der Waals surface area contributed by atoms with Crippen molar-refractivity contribution in [3.05, 3.63) is 23.8 Å². The molecule has 116 valence electrons. The normalized spacial score (nSPS) is 16.5. The maximum Gasteiger partial charge on any atom is 0.251 e. The van der Waals surface area contributed by atoms with Crippen LogP contribution in [0, 0.1) is 0 Å². The number of carbonyl (C=O) groups excluding carboxylic acids is 1. The molecule has 1 aromatic carbocycles.